The van der Waals surface area contributed by atoms with Crippen molar-refractivity contribution in [2.75, 3.05) is 0 Å². The van der Waals surface area contributed by atoms with E-state index in [1.165, 1.54) is 13.0 Å². The molecule has 0 spiro atoms. The van der Waals surface area contributed by atoms with Crippen LogP contribution in [-0.2, 0) is 0 Å². The monoisotopic (exact) mass is 170 g/mol. The van der Waals surface area contributed by atoms with E-state index in [0.717, 1.165) is 6.07 Å². The fourth-order valence-corrected chi connectivity index (χ4v) is 0.934. The Labute approximate surface area is 69.0 Å². The van der Waals surface area contributed by atoms with E-state index in [2.05, 4.69) is 6.58 Å². The molecule has 0 heterocycles. The highest BCUT2D eigenvalue weighted by Gasteiger charge is 2.12. The van der Waals surface area contributed by atoms with E-state index >= 15 is 0 Å². The first kappa shape index (κ1) is 8.71. The molecule has 0 amide bonds. The molecule has 12 heavy (non-hydrogen) atoms. The number of halogens is 2. The molecule has 0 aliphatic rings. The van der Waals surface area contributed by atoms with Crippen molar-refractivity contribution in [3.05, 3.63) is 35.4 Å². The molecule has 0 saturated heterocycles. The molecule has 64 valence electrons. The zero-order valence-electron chi connectivity index (χ0n) is 6.56. The van der Waals surface area contributed by atoms with Gasteiger partial charge in [-0.1, -0.05) is 12.7 Å². The van der Waals surface area contributed by atoms with E-state index in [4.69, 9.17) is 5.11 Å². The van der Waals surface area contributed by atoms with Crippen LogP contribution in [0.2, 0.25) is 0 Å². The topological polar surface area (TPSA) is 20.2 Å². The van der Waals surface area contributed by atoms with Gasteiger partial charge in [0, 0.05) is 0 Å². The van der Waals surface area contributed by atoms with Crippen LogP contribution < -0.4 is 0 Å². The van der Waals surface area contributed by atoms with Crippen molar-refractivity contribution >= 4 is 6.08 Å². The Hall–Kier alpha value is -1.38. The van der Waals surface area contributed by atoms with Crippen LogP contribution in [0, 0.1) is 18.6 Å². The molecule has 0 bridgehead atoms. The Morgan fingerprint density at radius 3 is 2.58 bits per heavy atom. The van der Waals surface area contributed by atoms with Gasteiger partial charge < -0.3 is 5.11 Å². The first-order valence-electron chi connectivity index (χ1n) is 3.38. The second-order valence-corrected chi connectivity index (χ2v) is 2.44. The van der Waals surface area contributed by atoms with Crippen LogP contribution in [0.5, 0.6) is 5.75 Å². The first-order valence-corrected chi connectivity index (χ1v) is 3.38. The molecule has 1 rings (SSSR count). The summed E-state index contributed by atoms with van der Waals surface area (Å²) in [4.78, 5) is 0. The molecule has 0 aliphatic heterocycles. The lowest BCUT2D eigenvalue weighted by atomic mass is 10.1. The molecule has 0 aliphatic carbocycles. The van der Waals surface area contributed by atoms with Gasteiger partial charge in [-0.15, -0.1) is 0 Å². The Kier molecular flexibility index (Phi) is 2.13. The highest BCUT2D eigenvalue weighted by atomic mass is 19.1. The third-order valence-electron chi connectivity index (χ3n) is 1.70. The summed E-state index contributed by atoms with van der Waals surface area (Å²) < 4.78 is 25.6. The predicted molar refractivity (Wildman–Crippen MR) is 42.9 cm³/mol. The summed E-state index contributed by atoms with van der Waals surface area (Å²) in [5.74, 6) is -2.82. The Morgan fingerprint density at radius 2 is 2.08 bits per heavy atom. The van der Waals surface area contributed by atoms with E-state index in [1.807, 2.05) is 0 Å². The molecule has 0 unspecified atom stereocenters. The second-order valence-electron chi connectivity index (χ2n) is 2.44. The third-order valence-corrected chi connectivity index (χ3v) is 1.70. The smallest absolute Gasteiger partial charge is 0.188 e. The summed E-state index contributed by atoms with van der Waals surface area (Å²) in [7, 11) is 0. The van der Waals surface area contributed by atoms with Crippen LogP contribution in [0.1, 0.15) is 11.1 Å². The second kappa shape index (κ2) is 2.93. The molecule has 0 atom stereocenters. The van der Waals surface area contributed by atoms with Gasteiger partial charge in [0.2, 0.25) is 0 Å². The average Bonchev–Trinajstić information content (AvgIpc) is 2.08. The zero-order chi connectivity index (χ0) is 9.30. The molecule has 0 saturated carbocycles. The maximum absolute atomic E-state index is 12.9. The average molecular weight is 170 g/mol. The van der Waals surface area contributed by atoms with Gasteiger partial charge in [0.25, 0.3) is 0 Å². The highest BCUT2D eigenvalue weighted by Crippen LogP contribution is 2.26. The summed E-state index contributed by atoms with van der Waals surface area (Å²) in [6.07, 6.45) is 1.33. The molecule has 1 aromatic carbocycles. The van der Waals surface area contributed by atoms with E-state index in [9.17, 15) is 8.78 Å². The third kappa shape index (κ3) is 1.18. The number of hydrogen-bond acceptors (Lipinski definition) is 1. The SMILES string of the molecule is C=Cc1cc(F)c(O)c(F)c1C. The van der Waals surface area contributed by atoms with E-state index in [0.29, 0.717) is 5.56 Å². The number of rotatable bonds is 1. The van der Waals surface area contributed by atoms with Gasteiger partial charge >= 0.3 is 0 Å². The largest absolute Gasteiger partial charge is 0.503 e. The molecule has 0 aromatic heterocycles. The molecule has 1 aromatic rings. The number of aromatic hydroxyl groups is 1. The Balaban J connectivity index is 3.49. The lowest BCUT2D eigenvalue weighted by Gasteiger charge is -2.04. The Bertz CT molecular complexity index is 332. The van der Waals surface area contributed by atoms with Gasteiger partial charge in [0.1, 0.15) is 0 Å². The standard InChI is InChI=1S/C9H8F2O/c1-3-6-4-7(10)9(12)8(11)5(6)2/h3-4,12H,1H2,2H3. The number of benzene rings is 1. The van der Waals surface area contributed by atoms with Gasteiger partial charge in [-0.2, -0.15) is 0 Å². The van der Waals surface area contributed by atoms with Gasteiger partial charge in [-0.3, -0.25) is 0 Å². The van der Waals surface area contributed by atoms with Crippen LogP contribution in [0.4, 0.5) is 8.78 Å². The molecular weight excluding hydrogens is 162 g/mol. The molecular formula is C9H8F2O. The molecule has 1 nitrogen and oxygen atoms in total. The van der Waals surface area contributed by atoms with E-state index in [-0.39, 0.29) is 5.56 Å². The van der Waals surface area contributed by atoms with Crippen molar-refractivity contribution in [3.63, 3.8) is 0 Å². The van der Waals surface area contributed by atoms with Crippen molar-refractivity contribution in [3.8, 4) is 5.75 Å². The van der Waals surface area contributed by atoms with Crippen LogP contribution in [0.3, 0.4) is 0 Å². The van der Waals surface area contributed by atoms with Gasteiger partial charge in [-0.05, 0) is 24.1 Å². The first-order chi connectivity index (χ1) is 5.57. The summed E-state index contributed by atoms with van der Waals surface area (Å²) in [5, 5.41) is 8.82. The van der Waals surface area contributed by atoms with Crippen molar-refractivity contribution in [2.45, 2.75) is 6.92 Å². The van der Waals surface area contributed by atoms with Crippen LogP contribution in [0.25, 0.3) is 6.08 Å². The quantitative estimate of drug-likeness (QED) is 0.686. The maximum Gasteiger partial charge on any atom is 0.188 e. The number of hydrogen-bond donors (Lipinski definition) is 1. The lowest BCUT2D eigenvalue weighted by molar-refractivity contribution is 0.394. The van der Waals surface area contributed by atoms with Gasteiger partial charge in [-0.25, -0.2) is 8.78 Å². The maximum atomic E-state index is 12.9. The van der Waals surface area contributed by atoms with Crippen molar-refractivity contribution < 1.29 is 13.9 Å². The fourth-order valence-electron chi connectivity index (χ4n) is 0.934. The van der Waals surface area contributed by atoms with E-state index in [1.54, 1.807) is 0 Å². The van der Waals surface area contributed by atoms with Crippen molar-refractivity contribution in [1.29, 1.82) is 0 Å². The summed E-state index contributed by atoms with van der Waals surface area (Å²) >= 11 is 0. The van der Waals surface area contributed by atoms with Gasteiger partial charge in [0.15, 0.2) is 17.4 Å². The van der Waals surface area contributed by atoms with Crippen molar-refractivity contribution in [1.82, 2.24) is 0 Å². The molecule has 0 fully saturated rings. The highest BCUT2D eigenvalue weighted by molar-refractivity contribution is 5.54. The normalized spacial score (nSPS) is 9.92. The minimum atomic E-state index is -0.965. The van der Waals surface area contributed by atoms with Gasteiger partial charge in [0.05, 0.1) is 0 Å². The fraction of sp³-hybridized carbons (Fsp3) is 0.111. The number of phenols is 1. The van der Waals surface area contributed by atoms with Crippen LogP contribution >= 0.6 is 0 Å². The summed E-state index contributed by atoms with van der Waals surface area (Å²) in [5.41, 5.74) is 0.548. The summed E-state index contributed by atoms with van der Waals surface area (Å²) in [6.45, 7) is 4.84. The molecule has 1 N–H and O–H groups in total. The molecule has 3 heteroatoms. The number of phenolic OH excluding ortho intramolecular Hbond substituents is 1. The zero-order valence-corrected chi connectivity index (χ0v) is 6.56. The van der Waals surface area contributed by atoms with E-state index < -0.39 is 17.4 Å². The van der Waals surface area contributed by atoms with Crippen LogP contribution in [0.15, 0.2) is 12.6 Å². The lowest BCUT2D eigenvalue weighted by Crippen LogP contribution is -1.91. The van der Waals surface area contributed by atoms with Crippen LogP contribution in [-0.4, -0.2) is 5.11 Å². The minimum absolute atomic E-state index is 0.198. The van der Waals surface area contributed by atoms with Crippen molar-refractivity contribution in [2.24, 2.45) is 0 Å². The predicted octanol–water partition coefficient (Wildman–Crippen LogP) is 2.62. The minimum Gasteiger partial charge on any atom is -0.503 e. The Morgan fingerprint density at radius 1 is 1.50 bits per heavy atom. The summed E-state index contributed by atoms with van der Waals surface area (Å²) in [6, 6.07) is 1.04. The molecule has 0 radical (unpaired) electrons.